The maximum absolute atomic E-state index is 12.2. The van der Waals surface area contributed by atoms with Gasteiger partial charge in [-0.1, -0.05) is 54.6 Å². The van der Waals surface area contributed by atoms with Crippen LogP contribution in [0.1, 0.15) is 18.4 Å². The van der Waals surface area contributed by atoms with Crippen LogP contribution in [-0.2, 0) is 11.2 Å². The highest BCUT2D eigenvalue weighted by molar-refractivity contribution is 5.88. The molecule has 2 aromatic rings. The van der Waals surface area contributed by atoms with Gasteiger partial charge in [0.05, 0.1) is 6.04 Å². The van der Waals surface area contributed by atoms with Crippen LogP contribution in [0.3, 0.4) is 0 Å². The molecule has 0 aromatic heterocycles. The summed E-state index contributed by atoms with van der Waals surface area (Å²) in [5.74, 6) is 0.0174. The molecule has 1 fully saturated rings. The van der Waals surface area contributed by atoms with Crippen molar-refractivity contribution in [1.29, 1.82) is 0 Å². The Kier molecular flexibility index (Phi) is 4.42. The smallest absolute Gasteiger partial charge is 0.407 e. The Hall–Kier alpha value is -2.62. The van der Waals surface area contributed by atoms with Crippen molar-refractivity contribution in [3.05, 3.63) is 60.2 Å². The SMILES string of the molecule is O=C1CCCN(C(=O)O)C1Cc1cccc(-c2ccccc2)c1. The van der Waals surface area contributed by atoms with Gasteiger partial charge in [-0.25, -0.2) is 4.79 Å². The van der Waals surface area contributed by atoms with E-state index in [1.807, 2.05) is 54.6 Å². The summed E-state index contributed by atoms with van der Waals surface area (Å²) < 4.78 is 0. The number of nitrogens with zero attached hydrogens (tertiary/aromatic N) is 1. The van der Waals surface area contributed by atoms with Crippen molar-refractivity contribution >= 4 is 11.9 Å². The second-order valence-electron chi connectivity index (χ2n) is 5.83. The Balaban J connectivity index is 1.84. The first-order chi connectivity index (χ1) is 11.1. The van der Waals surface area contributed by atoms with E-state index in [2.05, 4.69) is 0 Å². The summed E-state index contributed by atoms with van der Waals surface area (Å²) in [4.78, 5) is 24.8. The Morgan fingerprint density at radius 1 is 1.09 bits per heavy atom. The fraction of sp³-hybridized carbons (Fsp3) is 0.263. The van der Waals surface area contributed by atoms with E-state index in [-0.39, 0.29) is 5.78 Å². The highest BCUT2D eigenvalue weighted by Gasteiger charge is 2.32. The molecule has 1 amide bonds. The molecule has 1 atom stereocenters. The molecule has 118 valence electrons. The predicted molar refractivity (Wildman–Crippen MR) is 88.3 cm³/mol. The van der Waals surface area contributed by atoms with Gasteiger partial charge < -0.3 is 5.11 Å². The van der Waals surface area contributed by atoms with E-state index in [9.17, 15) is 14.7 Å². The van der Waals surface area contributed by atoms with E-state index in [4.69, 9.17) is 0 Å². The molecule has 1 N–H and O–H groups in total. The molecule has 0 bridgehead atoms. The van der Waals surface area contributed by atoms with Crippen molar-refractivity contribution in [2.24, 2.45) is 0 Å². The van der Waals surface area contributed by atoms with Gasteiger partial charge in [-0.05, 0) is 23.1 Å². The van der Waals surface area contributed by atoms with Crippen LogP contribution >= 0.6 is 0 Å². The zero-order valence-electron chi connectivity index (χ0n) is 12.8. The van der Waals surface area contributed by atoms with Gasteiger partial charge >= 0.3 is 6.09 Å². The van der Waals surface area contributed by atoms with E-state index in [0.717, 1.165) is 16.7 Å². The maximum atomic E-state index is 12.2. The summed E-state index contributed by atoms with van der Waals surface area (Å²) in [6.45, 7) is 0.435. The van der Waals surface area contributed by atoms with Gasteiger partial charge in [0.25, 0.3) is 0 Å². The van der Waals surface area contributed by atoms with Gasteiger partial charge in [-0.2, -0.15) is 0 Å². The summed E-state index contributed by atoms with van der Waals surface area (Å²) in [5, 5.41) is 9.31. The number of Topliss-reactive ketones (excluding diaryl/α,β-unsaturated/α-hetero) is 1. The van der Waals surface area contributed by atoms with Gasteiger partial charge in [0.15, 0.2) is 5.78 Å². The Morgan fingerprint density at radius 3 is 2.57 bits per heavy atom. The lowest BCUT2D eigenvalue weighted by Crippen LogP contribution is -2.49. The molecule has 0 saturated carbocycles. The standard InChI is InChI=1S/C19H19NO3/c21-18-10-5-11-20(19(22)23)17(18)13-14-6-4-9-16(12-14)15-7-2-1-3-8-15/h1-4,6-9,12,17H,5,10-11,13H2,(H,22,23). The van der Waals surface area contributed by atoms with Crippen LogP contribution in [0.25, 0.3) is 11.1 Å². The molecular weight excluding hydrogens is 290 g/mol. The first kappa shape index (κ1) is 15.3. The number of carboxylic acid groups (broad SMARTS) is 1. The topological polar surface area (TPSA) is 57.6 Å². The number of amides is 1. The summed E-state index contributed by atoms with van der Waals surface area (Å²) in [6.07, 6.45) is 0.506. The zero-order chi connectivity index (χ0) is 16.2. The molecule has 4 nitrogen and oxygen atoms in total. The van der Waals surface area contributed by atoms with Gasteiger partial charge in [0, 0.05) is 19.4 Å². The van der Waals surface area contributed by atoms with Crippen molar-refractivity contribution in [2.45, 2.75) is 25.3 Å². The predicted octanol–water partition coefficient (Wildman–Crippen LogP) is 3.61. The van der Waals surface area contributed by atoms with Gasteiger partial charge in [0.2, 0.25) is 0 Å². The summed E-state index contributed by atoms with van der Waals surface area (Å²) >= 11 is 0. The lowest BCUT2D eigenvalue weighted by Gasteiger charge is -2.32. The highest BCUT2D eigenvalue weighted by atomic mass is 16.4. The Morgan fingerprint density at radius 2 is 1.83 bits per heavy atom. The number of rotatable bonds is 3. The van der Waals surface area contributed by atoms with E-state index in [1.54, 1.807) is 0 Å². The minimum atomic E-state index is -1.01. The van der Waals surface area contributed by atoms with Crippen molar-refractivity contribution < 1.29 is 14.7 Å². The third-order valence-electron chi connectivity index (χ3n) is 4.28. The zero-order valence-corrected chi connectivity index (χ0v) is 12.8. The minimum absolute atomic E-state index is 0.0174. The molecule has 1 aliphatic heterocycles. The molecule has 1 heterocycles. The highest BCUT2D eigenvalue weighted by Crippen LogP contribution is 2.23. The average molecular weight is 309 g/mol. The van der Waals surface area contributed by atoms with E-state index in [0.29, 0.717) is 25.8 Å². The minimum Gasteiger partial charge on any atom is -0.465 e. The molecule has 1 unspecified atom stereocenters. The maximum Gasteiger partial charge on any atom is 0.407 e. The van der Waals surface area contributed by atoms with E-state index < -0.39 is 12.1 Å². The Bertz CT molecular complexity index is 712. The summed E-state index contributed by atoms with van der Waals surface area (Å²) in [5.41, 5.74) is 3.17. The van der Waals surface area contributed by atoms with Crippen LogP contribution in [-0.4, -0.2) is 34.5 Å². The molecule has 0 radical (unpaired) electrons. The van der Waals surface area contributed by atoms with Crippen LogP contribution in [0.4, 0.5) is 4.79 Å². The number of benzene rings is 2. The first-order valence-corrected chi connectivity index (χ1v) is 7.82. The van der Waals surface area contributed by atoms with Crippen LogP contribution in [0.2, 0.25) is 0 Å². The third-order valence-corrected chi connectivity index (χ3v) is 4.28. The van der Waals surface area contributed by atoms with Crippen molar-refractivity contribution in [3.63, 3.8) is 0 Å². The summed E-state index contributed by atoms with van der Waals surface area (Å²) in [7, 11) is 0. The molecular formula is C19H19NO3. The lowest BCUT2D eigenvalue weighted by atomic mass is 9.93. The number of likely N-dealkylation sites (tertiary alicyclic amines) is 1. The quantitative estimate of drug-likeness (QED) is 0.942. The molecule has 4 heteroatoms. The van der Waals surface area contributed by atoms with Crippen LogP contribution in [0.15, 0.2) is 54.6 Å². The van der Waals surface area contributed by atoms with Crippen molar-refractivity contribution in [2.75, 3.05) is 6.54 Å². The molecule has 0 aliphatic carbocycles. The molecule has 3 rings (SSSR count). The normalized spacial score (nSPS) is 18.0. The fourth-order valence-corrected chi connectivity index (χ4v) is 3.10. The third kappa shape index (κ3) is 3.42. The van der Waals surface area contributed by atoms with Crippen LogP contribution < -0.4 is 0 Å². The van der Waals surface area contributed by atoms with Gasteiger partial charge in [0.1, 0.15) is 0 Å². The molecule has 2 aromatic carbocycles. The van der Waals surface area contributed by atoms with Crippen molar-refractivity contribution in [1.82, 2.24) is 4.90 Å². The number of piperidine rings is 1. The molecule has 1 aliphatic rings. The van der Waals surface area contributed by atoms with Gasteiger partial charge in [-0.15, -0.1) is 0 Å². The summed E-state index contributed by atoms with van der Waals surface area (Å²) in [6, 6.07) is 17.4. The van der Waals surface area contributed by atoms with Crippen molar-refractivity contribution in [3.8, 4) is 11.1 Å². The number of hydrogen-bond acceptors (Lipinski definition) is 2. The van der Waals surface area contributed by atoms with Gasteiger partial charge in [-0.3, -0.25) is 9.69 Å². The first-order valence-electron chi connectivity index (χ1n) is 7.82. The molecule has 1 saturated heterocycles. The lowest BCUT2D eigenvalue weighted by molar-refractivity contribution is -0.126. The second-order valence-corrected chi connectivity index (χ2v) is 5.83. The monoisotopic (exact) mass is 309 g/mol. The number of hydrogen-bond donors (Lipinski definition) is 1. The molecule has 23 heavy (non-hydrogen) atoms. The van der Waals surface area contributed by atoms with E-state index in [1.165, 1.54) is 4.90 Å². The second kappa shape index (κ2) is 6.65. The average Bonchev–Trinajstić information content (AvgIpc) is 2.57. The van der Waals surface area contributed by atoms with Crippen LogP contribution in [0, 0.1) is 0 Å². The number of carbonyl (C=O) groups is 2. The molecule has 0 spiro atoms. The largest absolute Gasteiger partial charge is 0.465 e. The van der Waals surface area contributed by atoms with Crippen LogP contribution in [0.5, 0.6) is 0 Å². The Labute approximate surface area is 135 Å². The van der Waals surface area contributed by atoms with E-state index >= 15 is 0 Å². The fourth-order valence-electron chi connectivity index (χ4n) is 3.10. The number of ketones is 1. The number of carbonyl (C=O) groups excluding carboxylic acids is 1.